The van der Waals surface area contributed by atoms with Crippen LogP contribution in [0, 0.1) is 0 Å². The summed E-state index contributed by atoms with van der Waals surface area (Å²) in [4.78, 5) is 16.5. The van der Waals surface area contributed by atoms with Gasteiger partial charge < -0.3 is 10.1 Å². The number of ether oxygens (including phenoxy) is 1. The number of amides is 1. The van der Waals surface area contributed by atoms with E-state index in [-0.39, 0.29) is 11.4 Å². The number of hydrogen-bond acceptors (Lipinski definition) is 4. The van der Waals surface area contributed by atoms with E-state index in [1.807, 2.05) is 12.1 Å². The van der Waals surface area contributed by atoms with E-state index in [9.17, 15) is 18.0 Å². The van der Waals surface area contributed by atoms with E-state index in [0.717, 1.165) is 17.7 Å². The molecule has 0 saturated carbocycles. The Labute approximate surface area is 151 Å². The van der Waals surface area contributed by atoms with Crippen molar-refractivity contribution < 1.29 is 22.7 Å². The SMILES string of the molecule is COc1ccc(-c2nc(C(=O)Nc3ccc(C(F)(F)F)cc3)cs2)cc1. The van der Waals surface area contributed by atoms with Gasteiger partial charge in [0.05, 0.1) is 12.7 Å². The summed E-state index contributed by atoms with van der Waals surface area (Å²) in [5.74, 6) is 0.228. The van der Waals surface area contributed by atoms with Crippen molar-refractivity contribution in [2.24, 2.45) is 0 Å². The van der Waals surface area contributed by atoms with Crippen LogP contribution in [0.2, 0.25) is 0 Å². The second kappa shape index (κ2) is 7.17. The summed E-state index contributed by atoms with van der Waals surface area (Å²) in [6.07, 6.45) is -4.41. The molecule has 0 radical (unpaired) electrons. The number of methoxy groups -OCH3 is 1. The summed E-state index contributed by atoms with van der Waals surface area (Å²) in [7, 11) is 1.57. The van der Waals surface area contributed by atoms with Crippen molar-refractivity contribution in [3.63, 3.8) is 0 Å². The Bertz CT molecular complexity index is 903. The van der Waals surface area contributed by atoms with Gasteiger partial charge in [0.25, 0.3) is 5.91 Å². The molecule has 0 fully saturated rings. The van der Waals surface area contributed by atoms with Crippen molar-refractivity contribution in [2.45, 2.75) is 6.18 Å². The summed E-state index contributed by atoms with van der Waals surface area (Å²) in [6, 6.07) is 11.5. The molecule has 3 aromatic rings. The number of carbonyl (C=O) groups excluding carboxylic acids is 1. The van der Waals surface area contributed by atoms with Gasteiger partial charge in [0.2, 0.25) is 0 Å². The highest BCUT2D eigenvalue weighted by molar-refractivity contribution is 7.13. The molecule has 0 aliphatic rings. The van der Waals surface area contributed by atoms with Crippen LogP contribution in [0.5, 0.6) is 5.75 Å². The summed E-state index contributed by atoms with van der Waals surface area (Å²) < 4.78 is 42.8. The monoisotopic (exact) mass is 378 g/mol. The first-order valence-corrected chi connectivity index (χ1v) is 8.33. The third kappa shape index (κ3) is 4.02. The van der Waals surface area contributed by atoms with E-state index in [1.165, 1.54) is 23.5 Å². The van der Waals surface area contributed by atoms with Gasteiger partial charge in [-0.15, -0.1) is 11.3 Å². The Morgan fingerprint density at radius 1 is 1.08 bits per heavy atom. The molecular formula is C18H13F3N2O2S. The Morgan fingerprint density at radius 3 is 2.31 bits per heavy atom. The number of hydrogen-bond donors (Lipinski definition) is 1. The Balaban J connectivity index is 1.71. The van der Waals surface area contributed by atoms with Crippen molar-refractivity contribution in [3.05, 3.63) is 65.2 Å². The average molecular weight is 378 g/mol. The lowest BCUT2D eigenvalue weighted by atomic mass is 10.2. The molecule has 2 aromatic carbocycles. The number of halogens is 3. The van der Waals surface area contributed by atoms with Crippen LogP contribution in [0.3, 0.4) is 0 Å². The maximum absolute atomic E-state index is 12.6. The Morgan fingerprint density at radius 2 is 1.73 bits per heavy atom. The number of nitrogens with zero attached hydrogens (tertiary/aromatic N) is 1. The number of nitrogens with one attached hydrogen (secondary N) is 1. The van der Waals surface area contributed by atoms with Crippen LogP contribution in [0.4, 0.5) is 18.9 Å². The summed E-state index contributed by atoms with van der Waals surface area (Å²) in [5, 5.41) is 4.79. The second-order valence-electron chi connectivity index (χ2n) is 5.30. The number of aromatic nitrogens is 1. The van der Waals surface area contributed by atoms with Crippen molar-refractivity contribution in [1.82, 2.24) is 4.98 Å². The fraction of sp³-hybridized carbons (Fsp3) is 0.111. The minimum Gasteiger partial charge on any atom is -0.497 e. The number of benzene rings is 2. The molecule has 8 heteroatoms. The number of carbonyl (C=O) groups is 1. The van der Waals surface area contributed by atoms with Crippen LogP contribution in [-0.2, 0) is 6.18 Å². The third-order valence-corrected chi connectivity index (χ3v) is 4.44. The predicted octanol–water partition coefficient (Wildman–Crippen LogP) is 5.09. The van der Waals surface area contributed by atoms with Crippen LogP contribution < -0.4 is 10.1 Å². The van der Waals surface area contributed by atoms with Gasteiger partial charge in [-0.05, 0) is 48.5 Å². The molecule has 134 valence electrons. The van der Waals surface area contributed by atoms with E-state index in [0.29, 0.717) is 10.8 Å². The highest BCUT2D eigenvalue weighted by Gasteiger charge is 2.30. The fourth-order valence-electron chi connectivity index (χ4n) is 2.18. The molecule has 26 heavy (non-hydrogen) atoms. The van der Waals surface area contributed by atoms with E-state index >= 15 is 0 Å². The largest absolute Gasteiger partial charge is 0.497 e. The Hall–Kier alpha value is -2.87. The van der Waals surface area contributed by atoms with Crippen LogP contribution in [0.15, 0.2) is 53.9 Å². The zero-order chi connectivity index (χ0) is 18.7. The minimum absolute atomic E-state index is 0.195. The van der Waals surface area contributed by atoms with Gasteiger partial charge in [-0.1, -0.05) is 0 Å². The van der Waals surface area contributed by atoms with Gasteiger partial charge in [0.1, 0.15) is 16.5 Å². The van der Waals surface area contributed by atoms with Gasteiger partial charge in [-0.2, -0.15) is 13.2 Å². The molecule has 0 unspecified atom stereocenters. The maximum atomic E-state index is 12.6. The topological polar surface area (TPSA) is 51.2 Å². The molecule has 0 saturated heterocycles. The van der Waals surface area contributed by atoms with Crippen molar-refractivity contribution >= 4 is 22.9 Å². The summed E-state index contributed by atoms with van der Waals surface area (Å²) in [6.45, 7) is 0. The minimum atomic E-state index is -4.41. The lowest BCUT2D eigenvalue weighted by molar-refractivity contribution is -0.137. The van der Waals surface area contributed by atoms with Gasteiger partial charge in [0, 0.05) is 16.6 Å². The Kier molecular flexibility index (Phi) is 4.94. The summed E-state index contributed by atoms with van der Waals surface area (Å²) >= 11 is 1.30. The normalized spacial score (nSPS) is 11.2. The van der Waals surface area contributed by atoms with E-state index in [4.69, 9.17) is 4.74 Å². The highest BCUT2D eigenvalue weighted by Crippen LogP contribution is 2.30. The quantitative estimate of drug-likeness (QED) is 0.688. The van der Waals surface area contributed by atoms with E-state index in [1.54, 1.807) is 24.6 Å². The molecule has 0 bridgehead atoms. The summed E-state index contributed by atoms with van der Waals surface area (Å²) in [5.41, 5.74) is 0.526. The second-order valence-corrected chi connectivity index (χ2v) is 6.15. The average Bonchev–Trinajstić information content (AvgIpc) is 3.12. The molecule has 0 atom stereocenters. The van der Waals surface area contributed by atoms with E-state index in [2.05, 4.69) is 10.3 Å². The van der Waals surface area contributed by atoms with Gasteiger partial charge in [0.15, 0.2) is 0 Å². The van der Waals surface area contributed by atoms with E-state index < -0.39 is 17.6 Å². The zero-order valence-electron chi connectivity index (χ0n) is 13.5. The fourth-order valence-corrected chi connectivity index (χ4v) is 2.99. The number of anilines is 1. The first-order valence-electron chi connectivity index (χ1n) is 7.45. The molecule has 1 aromatic heterocycles. The first kappa shape index (κ1) is 17.9. The van der Waals surface area contributed by atoms with Crippen molar-refractivity contribution in [1.29, 1.82) is 0 Å². The first-order chi connectivity index (χ1) is 12.4. The van der Waals surface area contributed by atoms with Crippen molar-refractivity contribution in [2.75, 3.05) is 12.4 Å². The third-order valence-electron chi connectivity index (χ3n) is 3.54. The van der Waals surface area contributed by atoms with Crippen LogP contribution in [0.25, 0.3) is 10.6 Å². The number of alkyl halides is 3. The standard InChI is InChI=1S/C18H13F3N2O2S/c1-25-14-8-2-11(3-9-14)17-23-15(10-26-17)16(24)22-13-6-4-12(5-7-13)18(19,20)21/h2-10H,1H3,(H,22,24). The predicted molar refractivity (Wildman–Crippen MR) is 93.5 cm³/mol. The van der Waals surface area contributed by atoms with Crippen LogP contribution in [0.1, 0.15) is 16.1 Å². The lowest BCUT2D eigenvalue weighted by Crippen LogP contribution is -2.12. The maximum Gasteiger partial charge on any atom is 0.416 e. The molecule has 4 nitrogen and oxygen atoms in total. The molecule has 1 heterocycles. The van der Waals surface area contributed by atoms with Crippen molar-refractivity contribution in [3.8, 4) is 16.3 Å². The molecule has 0 aliphatic carbocycles. The van der Waals surface area contributed by atoms with Crippen LogP contribution >= 0.6 is 11.3 Å². The van der Waals surface area contributed by atoms with Gasteiger partial charge in [-0.25, -0.2) is 4.98 Å². The molecule has 1 N–H and O–H groups in total. The molecule has 3 rings (SSSR count). The highest BCUT2D eigenvalue weighted by atomic mass is 32.1. The van der Waals surface area contributed by atoms with Gasteiger partial charge in [-0.3, -0.25) is 4.79 Å². The smallest absolute Gasteiger partial charge is 0.416 e. The lowest BCUT2D eigenvalue weighted by Gasteiger charge is -2.08. The number of rotatable bonds is 4. The molecule has 0 spiro atoms. The molecular weight excluding hydrogens is 365 g/mol. The zero-order valence-corrected chi connectivity index (χ0v) is 14.3. The molecule has 1 amide bonds. The number of thiazole rings is 1. The van der Waals surface area contributed by atoms with Crippen LogP contribution in [-0.4, -0.2) is 18.0 Å². The molecule has 0 aliphatic heterocycles. The van der Waals surface area contributed by atoms with Gasteiger partial charge >= 0.3 is 6.18 Å².